The van der Waals surface area contributed by atoms with E-state index in [4.69, 9.17) is 11.6 Å². The number of carbonyl (C=O) groups excluding carboxylic acids is 1. The highest BCUT2D eigenvalue weighted by molar-refractivity contribution is 7.12. The topological polar surface area (TPSA) is 20.3 Å². The van der Waals surface area contributed by atoms with Gasteiger partial charge in [0.05, 0.1) is 10.9 Å². The fourth-order valence-electron chi connectivity index (χ4n) is 1.77. The fourth-order valence-corrected chi connectivity index (χ4v) is 2.77. The van der Waals surface area contributed by atoms with Crippen LogP contribution in [0.1, 0.15) is 28.2 Å². The molecule has 1 aromatic heterocycles. The number of rotatable bonds is 3. The molecule has 0 N–H and O–H groups in total. The molecule has 1 unspecified atom stereocenters. The SMILES string of the molecule is CC(c1ccccc1Cl)N(C)C(=O)c1cccs1. The van der Waals surface area contributed by atoms with Crippen LogP contribution in [0.5, 0.6) is 0 Å². The first-order valence-corrected chi connectivity index (χ1v) is 6.92. The highest BCUT2D eigenvalue weighted by Gasteiger charge is 2.20. The Morgan fingerprint density at radius 1 is 1.28 bits per heavy atom. The Bertz CT molecular complexity index is 538. The molecule has 0 aliphatic rings. The third kappa shape index (κ3) is 2.57. The summed E-state index contributed by atoms with van der Waals surface area (Å²) in [6.07, 6.45) is 0. The molecule has 2 aromatic rings. The van der Waals surface area contributed by atoms with Gasteiger partial charge in [-0.1, -0.05) is 35.9 Å². The summed E-state index contributed by atoms with van der Waals surface area (Å²) in [6.45, 7) is 1.98. The summed E-state index contributed by atoms with van der Waals surface area (Å²) in [5.74, 6) is 0.0254. The van der Waals surface area contributed by atoms with Crippen molar-refractivity contribution in [3.63, 3.8) is 0 Å². The van der Waals surface area contributed by atoms with Gasteiger partial charge in [0, 0.05) is 12.1 Å². The highest BCUT2D eigenvalue weighted by Crippen LogP contribution is 2.27. The predicted molar refractivity (Wildman–Crippen MR) is 76.3 cm³/mol. The largest absolute Gasteiger partial charge is 0.334 e. The van der Waals surface area contributed by atoms with Gasteiger partial charge >= 0.3 is 0 Å². The van der Waals surface area contributed by atoms with Crippen LogP contribution in [0.4, 0.5) is 0 Å². The van der Waals surface area contributed by atoms with Crippen LogP contribution in [0.3, 0.4) is 0 Å². The van der Waals surface area contributed by atoms with Crippen molar-refractivity contribution in [2.75, 3.05) is 7.05 Å². The number of halogens is 1. The van der Waals surface area contributed by atoms with E-state index < -0.39 is 0 Å². The molecule has 0 spiro atoms. The maximum Gasteiger partial charge on any atom is 0.264 e. The fraction of sp³-hybridized carbons (Fsp3) is 0.214. The summed E-state index contributed by atoms with van der Waals surface area (Å²) in [5, 5.41) is 2.59. The molecule has 0 radical (unpaired) electrons. The molecule has 0 aliphatic carbocycles. The minimum absolute atomic E-state index is 0.0254. The second kappa shape index (κ2) is 5.55. The Morgan fingerprint density at radius 3 is 2.61 bits per heavy atom. The van der Waals surface area contributed by atoms with Crippen molar-refractivity contribution in [1.29, 1.82) is 0 Å². The van der Waals surface area contributed by atoms with E-state index in [2.05, 4.69) is 0 Å². The molecular weight excluding hydrogens is 266 g/mol. The number of amides is 1. The van der Waals surface area contributed by atoms with Crippen LogP contribution in [-0.4, -0.2) is 17.9 Å². The zero-order valence-electron chi connectivity index (χ0n) is 10.3. The van der Waals surface area contributed by atoms with Gasteiger partial charge in [-0.15, -0.1) is 11.3 Å². The first kappa shape index (κ1) is 13.1. The zero-order chi connectivity index (χ0) is 13.1. The number of hydrogen-bond donors (Lipinski definition) is 0. The molecule has 0 fully saturated rings. The smallest absolute Gasteiger partial charge is 0.264 e. The molecule has 4 heteroatoms. The van der Waals surface area contributed by atoms with Gasteiger partial charge in [-0.25, -0.2) is 0 Å². The zero-order valence-corrected chi connectivity index (χ0v) is 11.8. The van der Waals surface area contributed by atoms with Crippen LogP contribution < -0.4 is 0 Å². The number of hydrogen-bond acceptors (Lipinski definition) is 2. The van der Waals surface area contributed by atoms with Gasteiger partial charge in [0.15, 0.2) is 0 Å². The van der Waals surface area contributed by atoms with Crippen LogP contribution in [0.25, 0.3) is 0 Å². The summed E-state index contributed by atoms with van der Waals surface area (Å²) in [6, 6.07) is 11.3. The van der Waals surface area contributed by atoms with Crippen molar-refractivity contribution in [2.45, 2.75) is 13.0 Å². The van der Waals surface area contributed by atoms with E-state index >= 15 is 0 Å². The van der Waals surface area contributed by atoms with Crippen molar-refractivity contribution < 1.29 is 4.79 Å². The van der Waals surface area contributed by atoms with E-state index in [1.54, 1.807) is 11.9 Å². The van der Waals surface area contributed by atoms with Crippen LogP contribution in [0.2, 0.25) is 5.02 Å². The van der Waals surface area contributed by atoms with Crippen LogP contribution in [0.15, 0.2) is 41.8 Å². The van der Waals surface area contributed by atoms with Crippen LogP contribution in [-0.2, 0) is 0 Å². The third-order valence-corrected chi connectivity index (χ3v) is 4.19. The Balaban J connectivity index is 2.22. The monoisotopic (exact) mass is 279 g/mol. The highest BCUT2D eigenvalue weighted by atomic mass is 35.5. The summed E-state index contributed by atoms with van der Waals surface area (Å²) in [7, 11) is 1.80. The second-order valence-corrected chi connectivity index (χ2v) is 5.45. The minimum atomic E-state index is -0.0479. The average molecular weight is 280 g/mol. The third-order valence-electron chi connectivity index (χ3n) is 2.99. The van der Waals surface area contributed by atoms with E-state index in [-0.39, 0.29) is 11.9 Å². The van der Waals surface area contributed by atoms with Crippen molar-refractivity contribution >= 4 is 28.8 Å². The summed E-state index contributed by atoms with van der Waals surface area (Å²) < 4.78 is 0. The minimum Gasteiger partial charge on any atom is -0.334 e. The number of carbonyl (C=O) groups is 1. The molecule has 2 nitrogen and oxygen atoms in total. The van der Waals surface area contributed by atoms with E-state index in [1.165, 1.54) is 11.3 Å². The summed E-state index contributed by atoms with van der Waals surface area (Å²) >= 11 is 7.61. The van der Waals surface area contributed by atoms with Gasteiger partial charge in [0.1, 0.15) is 0 Å². The van der Waals surface area contributed by atoms with E-state index in [1.807, 2.05) is 48.7 Å². The molecule has 0 saturated heterocycles. The van der Waals surface area contributed by atoms with Gasteiger partial charge in [-0.05, 0) is 30.0 Å². The van der Waals surface area contributed by atoms with Crippen molar-refractivity contribution in [2.24, 2.45) is 0 Å². The molecule has 0 bridgehead atoms. The van der Waals surface area contributed by atoms with Gasteiger partial charge in [-0.3, -0.25) is 4.79 Å². The van der Waals surface area contributed by atoms with Gasteiger partial charge in [-0.2, -0.15) is 0 Å². The number of thiophene rings is 1. The lowest BCUT2D eigenvalue weighted by Gasteiger charge is -2.25. The number of benzene rings is 1. The molecule has 0 saturated carbocycles. The van der Waals surface area contributed by atoms with Crippen molar-refractivity contribution in [3.8, 4) is 0 Å². The Kier molecular flexibility index (Phi) is 4.04. The van der Waals surface area contributed by atoms with E-state index in [0.717, 1.165) is 10.4 Å². The molecule has 94 valence electrons. The van der Waals surface area contributed by atoms with Crippen molar-refractivity contribution in [1.82, 2.24) is 4.90 Å². The normalized spacial score (nSPS) is 12.2. The van der Waals surface area contributed by atoms with Gasteiger partial charge < -0.3 is 4.90 Å². The Hall–Kier alpha value is -1.32. The molecule has 1 aromatic carbocycles. The molecule has 2 rings (SSSR count). The van der Waals surface area contributed by atoms with Crippen molar-refractivity contribution in [3.05, 3.63) is 57.2 Å². The van der Waals surface area contributed by atoms with Crippen LogP contribution in [0, 0.1) is 0 Å². The Labute approximate surface area is 116 Å². The van der Waals surface area contributed by atoms with E-state index in [0.29, 0.717) is 5.02 Å². The first-order valence-electron chi connectivity index (χ1n) is 5.66. The first-order chi connectivity index (χ1) is 8.61. The summed E-state index contributed by atoms with van der Waals surface area (Å²) in [5.41, 5.74) is 0.964. The Morgan fingerprint density at radius 2 is 2.00 bits per heavy atom. The second-order valence-electron chi connectivity index (χ2n) is 4.09. The molecular formula is C14H14ClNOS. The number of nitrogens with zero attached hydrogens (tertiary/aromatic N) is 1. The summed E-state index contributed by atoms with van der Waals surface area (Å²) in [4.78, 5) is 14.7. The van der Waals surface area contributed by atoms with Crippen LogP contribution >= 0.6 is 22.9 Å². The quantitative estimate of drug-likeness (QED) is 0.823. The maximum atomic E-state index is 12.2. The average Bonchev–Trinajstić information content (AvgIpc) is 2.90. The predicted octanol–water partition coefficient (Wildman–Crippen LogP) is 4.23. The lowest BCUT2D eigenvalue weighted by molar-refractivity contribution is 0.0747. The molecule has 1 heterocycles. The van der Waals surface area contributed by atoms with Gasteiger partial charge in [0.25, 0.3) is 5.91 Å². The maximum absolute atomic E-state index is 12.2. The molecule has 1 amide bonds. The molecule has 1 atom stereocenters. The molecule has 0 aliphatic heterocycles. The molecule has 18 heavy (non-hydrogen) atoms. The van der Waals surface area contributed by atoms with E-state index in [9.17, 15) is 4.79 Å². The lowest BCUT2D eigenvalue weighted by atomic mass is 10.1. The lowest BCUT2D eigenvalue weighted by Crippen LogP contribution is -2.29. The van der Waals surface area contributed by atoms with Gasteiger partial charge in [0.2, 0.25) is 0 Å². The standard InChI is InChI=1S/C14H14ClNOS/c1-10(11-6-3-4-7-12(11)15)16(2)14(17)13-8-5-9-18-13/h3-10H,1-2H3.